The van der Waals surface area contributed by atoms with Gasteiger partial charge < -0.3 is 4.57 Å². The minimum Gasteiger partial charge on any atom is -0.304 e. The molecular weight excluding hydrogens is 264 g/mol. The van der Waals surface area contributed by atoms with E-state index in [0.717, 1.165) is 24.0 Å². The van der Waals surface area contributed by atoms with Gasteiger partial charge in [0.05, 0.1) is 0 Å². The highest BCUT2D eigenvalue weighted by Gasteiger charge is 2.03. The first-order valence-electron chi connectivity index (χ1n) is 5.52. The average Bonchev–Trinajstić information content (AvgIpc) is 2.78. The molecule has 0 unspecified atom stereocenters. The van der Waals surface area contributed by atoms with Crippen molar-refractivity contribution >= 4 is 15.9 Å². The molecule has 0 saturated heterocycles. The smallest absolute Gasteiger partial charge is 0.113 e. The fraction of sp³-hybridized carbons (Fsp3) is 0.308. The summed E-state index contributed by atoms with van der Waals surface area (Å²) in [7, 11) is 0. The summed E-state index contributed by atoms with van der Waals surface area (Å²) in [6, 6.07) is 8.55. The molecule has 1 heterocycles. The van der Waals surface area contributed by atoms with Gasteiger partial charge in [-0.1, -0.05) is 35.0 Å². The van der Waals surface area contributed by atoms with Gasteiger partial charge in [-0.25, -0.2) is 4.98 Å². The summed E-state index contributed by atoms with van der Waals surface area (Å²) in [5.41, 5.74) is 2.48. The normalized spacial score (nSPS) is 10.6. The van der Waals surface area contributed by atoms with E-state index >= 15 is 0 Å². The van der Waals surface area contributed by atoms with Crippen LogP contribution in [0.25, 0.3) is 5.69 Å². The zero-order valence-electron chi connectivity index (χ0n) is 9.36. The van der Waals surface area contributed by atoms with Crippen LogP contribution in [0.3, 0.4) is 0 Å². The SMILES string of the molecule is CCCc1nccn1-c1ccc(CBr)cc1. The number of halogens is 1. The van der Waals surface area contributed by atoms with E-state index in [4.69, 9.17) is 0 Å². The molecule has 2 rings (SSSR count). The minimum absolute atomic E-state index is 0.902. The highest BCUT2D eigenvalue weighted by Crippen LogP contribution is 2.14. The first kappa shape index (κ1) is 11.4. The molecule has 0 radical (unpaired) electrons. The number of nitrogens with zero attached hydrogens (tertiary/aromatic N) is 2. The van der Waals surface area contributed by atoms with Gasteiger partial charge in [0.15, 0.2) is 0 Å². The van der Waals surface area contributed by atoms with Gasteiger partial charge in [-0.15, -0.1) is 0 Å². The number of rotatable bonds is 4. The molecule has 0 spiro atoms. The molecule has 0 saturated carbocycles. The highest BCUT2D eigenvalue weighted by atomic mass is 79.9. The van der Waals surface area contributed by atoms with Crippen LogP contribution in [0.1, 0.15) is 24.7 Å². The second-order valence-electron chi connectivity index (χ2n) is 3.76. The predicted octanol–water partition coefficient (Wildman–Crippen LogP) is 3.72. The summed E-state index contributed by atoms with van der Waals surface area (Å²) in [6.07, 6.45) is 6.03. The summed E-state index contributed by atoms with van der Waals surface area (Å²) in [6.45, 7) is 2.17. The van der Waals surface area contributed by atoms with Crippen molar-refractivity contribution in [1.82, 2.24) is 9.55 Å². The van der Waals surface area contributed by atoms with E-state index < -0.39 is 0 Å². The Morgan fingerprint density at radius 3 is 2.62 bits per heavy atom. The van der Waals surface area contributed by atoms with Crippen LogP contribution in [-0.4, -0.2) is 9.55 Å². The van der Waals surface area contributed by atoms with Crippen molar-refractivity contribution < 1.29 is 0 Å². The Labute approximate surface area is 104 Å². The third-order valence-corrected chi connectivity index (χ3v) is 3.21. The van der Waals surface area contributed by atoms with Crippen LogP contribution < -0.4 is 0 Å². The number of imidazole rings is 1. The third-order valence-electron chi connectivity index (χ3n) is 2.56. The van der Waals surface area contributed by atoms with E-state index in [9.17, 15) is 0 Å². The molecule has 1 aromatic carbocycles. The van der Waals surface area contributed by atoms with Crippen LogP contribution in [0.15, 0.2) is 36.7 Å². The van der Waals surface area contributed by atoms with E-state index in [1.165, 1.54) is 11.3 Å². The molecule has 0 amide bonds. The lowest BCUT2D eigenvalue weighted by Crippen LogP contribution is -2.00. The topological polar surface area (TPSA) is 17.8 Å². The summed E-state index contributed by atoms with van der Waals surface area (Å²) in [4.78, 5) is 4.38. The zero-order chi connectivity index (χ0) is 11.4. The van der Waals surface area contributed by atoms with Crippen LogP contribution in [-0.2, 0) is 11.8 Å². The van der Waals surface area contributed by atoms with Gasteiger partial charge in [-0.05, 0) is 24.1 Å². The lowest BCUT2D eigenvalue weighted by Gasteiger charge is -2.07. The van der Waals surface area contributed by atoms with Crippen LogP contribution in [0.5, 0.6) is 0 Å². The first-order chi connectivity index (χ1) is 7.85. The summed E-state index contributed by atoms with van der Waals surface area (Å²) >= 11 is 3.45. The van der Waals surface area contributed by atoms with E-state index in [-0.39, 0.29) is 0 Å². The molecular formula is C13H15BrN2. The van der Waals surface area contributed by atoms with Gasteiger partial charge in [0.1, 0.15) is 5.82 Å². The minimum atomic E-state index is 0.902. The molecule has 0 bridgehead atoms. The molecule has 0 aliphatic carbocycles. The molecule has 0 aliphatic rings. The Bertz CT molecular complexity index is 445. The molecule has 16 heavy (non-hydrogen) atoms. The fourth-order valence-electron chi connectivity index (χ4n) is 1.72. The van der Waals surface area contributed by atoms with Crippen molar-refractivity contribution in [1.29, 1.82) is 0 Å². The zero-order valence-corrected chi connectivity index (χ0v) is 10.9. The molecule has 0 fully saturated rings. The Hall–Kier alpha value is -1.09. The number of aromatic nitrogens is 2. The average molecular weight is 279 g/mol. The predicted molar refractivity (Wildman–Crippen MR) is 70.2 cm³/mol. The molecule has 2 aromatic rings. The molecule has 0 atom stereocenters. The number of aryl methyl sites for hydroxylation is 1. The van der Waals surface area contributed by atoms with E-state index in [0.29, 0.717) is 0 Å². The maximum Gasteiger partial charge on any atom is 0.113 e. The second-order valence-corrected chi connectivity index (χ2v) is 4.32. The third kappa shape index (κ3) is 2.35. The largest absolute Gasteiger partial charge is 0.304 e. The molecule has 3 heteroatoms. The molecule has 0 N–H and O–H groups in total. The van der Waals surface area contributed by atoms with Crippen molar-refractivity contribution in [2.24, 2.45) is 0 Å². The van der Waals surface area contributed by atoms with Crippen LogP contribution in [0.2, 0.25) is 0 Å². The molecule has 0 aliphatic heterocycles. The quantitative estimate of drug-likeness (QED) is 0.780. The first-order valence-corrected chi connectivity index (χ1v) is 6.64. The Kier molecular flexibility index (Phi) is 3.78. The van der Waals surface area contributed by atoms with Crippen molar-refractivity contribution in [2.75, 3.05) is 0 Å². The van der Waals surface area contributed by atoms with Gasteiger partial charge >= 0.3 is 0 Å². The Balaban J connectivity index is 2.31. The van der Waals surface area contributed by atoms with Gasteiger partial charge in [0.2, 0.25) is 0 Å². The maximum absolute atomic E-state index is 4.38. The van der Waals surface area contributed by atoms with Crippen LogP contribution in [0.4, 0.5) is 0 Å². The van der Waals surface area contributed by atoms with Crippen LogP contribution >= 0.6 is 15.9 Å². The molecule has 2 nitrogen and oxygen atoms in total. The number of alkyl halides is 1. The standard InChI is InChI=1S/C13H15BrN2/c1-2-3-13-15-8-9-16(13)12-6-4-11(10-14)5-7-12/h4-9H,2-3,10H2,1H3. The van der Waals surface area contributed by atoms with Crippen molar-refractivity contribution in [2.45, 2.75) is 25.1 Å². The summed E-state index contributed by atoms with van der Waals surface area (Å²) < 4.78 is 2.15. The van der Waals surface area contributed by atoms with Crippen molar-refractivity contribution in [3.63, 3.8) is 0 Å². The Morgan fingerprint density at radius 2 is 2.00 bits per heavy atom. The second kappa shape index (κ2) is 5.30. The van der Waals surface area contributed by atoms with Gasteiger partial charge in [0.25, 0.3) is 0 Å². The Morgan fingerprint density at radius 1 is 1.25 bits per heavy atom. The fourth-order valence-corrected chi connectivity index (χ4v) is 2.10. The molecule has 84 valence electrons. The summed E-state index contributed by atoms with van der Waals surface area (Å²) in [5.74, 6) is 1.13. The van der Waals surface area contributed by atoms with Gasteiger partial charge in [-0.3, -0.25) is 0 Å². The molecule has 1 aromatic heterocycles. The number of hydrogen-bond acceptors (Lipinski definition) is 1. The van der Waals surface area contributed by atoms with Gasteiger partial charge in [-0.2, -0.15) is 0 Å². The van der Waals surface area contributed by atoms with Crippen molar-refractivity contribution in [3.8, 4) is 5.69 Å². The van der Waals surface area contributed by atoms with E-state index in [1.54, 1.807) is 0 Å². The lowest BCUT2D eigenvalue weighted by atomic mass is 10.2. The summed E-state index contributed by atoms with van der Waals surface area (Å²) in [5, 5.41) is 0.902. The number of hydrogen-bond donors (Lipinski definition) is 0. The van der Waals surface area contributed by atoms with Gasteiger partial charge in [0, 0.05) is 29.8 Å². The van der Waals surface area contributed by atoms with Crippen LogP contribution in [0, 0.1) is 0 Å². The number of benzene rings is 1. The highest BCUT2D eigenvalue weighted by molar-refractivity contribution is 9.08. The lowest BCUT2D eigenvalue weighted by molar-refractivity contribution is 0.809. The maximum atomic E-state index is 4.38. The monoisotopic (exact) mass is 278 g/mol. The van der Waals surface area contributed by atoms with Crippen molar-refractivity contribution in [3.05, 3.63) is 48.0 Å². The van der Waals surface area contributed by atoms with E-state index in [2.05, 4.69) is 56.7 Å². The van der Waals surface area contributed by atoms with E-state index in [1.807, 2.05) is 12.4 Å².